The van der Waals surface area contributed by atoms with Crippen molar-refractivity contribution in [2.24, 2.45) is 0 Å². The molecule has 21 heavy (non-hydrogen) atoms. The molecule has 0 atom stereocenters. The summed E-state index contributed by atoms with van der Waals surface area (Å²) in [5, 5.41) is 6.62. The lowest BCUT2D eigenvalue weighted by molar-refractivity contribution is 0.830. The van der Waals surface area contributed by atoms with Crippen molar-refractivity contribution in [3.63, 3.8) is 0 Å². The maximum Gasteiger partial charge on any atom is 0.124 e. The molecule has 3 aromatic rings. The van der Waals surface area contributed by atoms with Crippen molar-refractivity contribution < 1.29 is 0 Å². The van der Waals surface area contributed by atoms with Crippen LogP contribution >= 0.6 is 11.3 Å². The fourth-order valence-electron chi connectivity index (χ4n) is 2.67. The van der Waals surface area contributed by atoms with E-state index in [1.807, 2.05) is 12.1 Å². The molecular formula is C17H15N3S. The highest BCUT2D eigenvalue weighted by atomic mass is 32.1. The van der Waals surface area contributed by atoms with Crippen LogP contribution in [0, 0.1) is 0 Å². The Labute approximate surface area is 127 Å². The molecule has 1 N–H and O–H groups in total. The van der Waals surface area contributed by atoms with Crippen LogP contribution in [0.15, 0.2) is 48.1 Å². The molecule has 0 bridgehead atoms. The number of pyridine rings is 1. The molecule has 3 nitrogen and oxygen atoms in total. The van der Waals surface area contributed by atoms with Gasteiger partial charge in [0.15, 0.2) is 0 Å². The van der Waals surface area contributed by atoms with Crippen molar-refractivity contribution >= 4 is 17.0 Å². The normalized spacial score (nSPS) is 13.5. The molecule has 0 saturated carbocycles. The second-order valence-electron chi connectivity index (χ2n) is 5.18. The Morgan fingerprint density at radius 1 is 1.05 bits per heavy atom. The molecular weight excluding hydrogens is 278 g/mol. The number of hydrogen-bond acceptors (Lipinski definition) is 4. The fourth-order valence-corrected chi connectivity index (χ4v) is 3.50. The quantitative estimate of drug-likeness (QED) is 0.768. The lowest BCUT2D eigenvalue weighted by Gasteiger charge is -2.18. The molecule has 1 aliphatic rings. The van der Waals surface area contributed by atoms with E-state index in [2.05, 4.69) is 33.9 Å². The van der Waals surface area contributed by atoms with Crippen LogP contribution in [0.3, 0.4) is 0 Å². The molecule has 4 rings (SSSR count). The number of fused-ring (bicyclic) bond motifs is 1. The summed E-state index contributed by atoms with van der Waals surface area (Å²) < 4.78 is 0. The van der Waals surface area contributed by atoms with Crippen LogP contribution in [-0.4, -0.2) is 16.5 Å². The van der Waals surface area contributed by atoms with Crippen molar-refractivity contribution in [1.29, 1.82) is 0 Å². The Hall–Kier alpha value is -2.20. The van der Waals surface area contributed by atoms with Gasteiger partial charge in [-0.15, -0.1) is 11.3 Å². The van der Waals surface area contributed by atoms with Gasteiger partial charge in [0, 0.05) is 41.1 Å². The summed E-state index contributed by atoms with van der Waals surface area (Å²) in [6, 6.07) is 10.6. The minimum absolute atomic E-state index is 1.04. The molecule has 1 aromatic carbocycles. The van der Waals surface area contributed by atoms with Crippen molar-refractivity contribution in [2.45, 2.75) is 12.8 Å². The van der Waals surface area contributed by atoms with Crippen LogP contribution in [0.5, 0.6) is 0 Å². The Kier molecular flexibility index (Phi) is 3.16. The van der Waals surface area contributed by atoms with Gasteiger partial charge in [0.05, 0.1) is 5.69 Å². The van der Waals surface area contributed by atoms with E-state index in [1.165, 1.54) is 23.2 Å². The number of benzene rings is 1. The van der Waals surface area contributed by atoms with E-state index in [9.17, 15) is 0 Å². The minimum Gasteiger partial charge on any atom is -0.385 e. The highest BCUT2D eigenvalue weighted by molar-refractivity contribution is 7.13. The van der Waals surface area contributed by atoms with E-state index >= 15 is 0 Å². The number of aromatic nitrogens is 2. The predicted molar refractivity (Wildman–Crippen MR) is 87.6 cm³/mol. The van der Waals surface area contributed by atoms with Gasteiger partial charge in [0.25, 0.3) is 0 Å². The van der Waals surface area contributed by atoms with Gasteiger partial charge in [0.2, 0.25) is 0 Å². The van der Waals surface area contributed by atoms with Gasteiger partial charge in [0.1, 0.15) is 5.01 Å². The number of nitrogens with one attached hydrogen (secondary N) is 1. The number of rotatable bonds is 2. The third-order valence-corrected chi connectivity index (χ3v) is 4.66. The minimum atomic E-state index is 1.04. The zero-order valence-corrected chi connectivity index (χ0v) is 12.4. The maximum atomic E-state index is 4.77. The summed E-state index contributed by atoms with van der Waals surface area (Å²) in [4.78, 5) is 8.82. The first-order chi connectivity index (χ1) is 10.4. The Morgan fingerprint density at radius 3 is 2.86 bits per heavy atom. The van der Waals surface area contributed by atoms with Gasteiger partial charge in [-0.1, -0.05) is 6.07 Å². The van der Waals surface area contributed by atoms with Gasteiger partial charge in [-0.05, 0) is 42.7 Å². The number of anilines is 1. The molecule has 104 valence electrons. The third kappa shape index (κ3) is 2.43. The monoisotopic (exact) mass is 293 g/mol. The van der Waals surface area contributed by atoms with Crippen molar-refractivity contribution in [2.75, 3.05) is 11.9 Å². The average molecular weight is 293 g/mol. The van der Waals surface area contributed by atoms with Gasteiger partial charge < -0.3 is 5.32 Å². The molecule has 3 heterocycles. The van der Waals surface area contributed by atoms with Crippen LogP contribution < -0.4 is 5.32 Å². The highest BCUT2D eigenvalue weighted by Gasteiger charge is 2.11. The summed E-state index contributed by atoms with van der Waals surface area (Å²) in [7, 11) is 0. The number of hydrogen-bond donors (Lipinski definition) is 1. The first-order valence-electron chi connectivity index (χ1n) is 7.13. The van der Waals surface area contributed by atoms with Gasteiger partial charge >= 0.3 is 0 Å². The first kappa shape index (κ1) is 12.5. The lowest BCUT2D eigenvalue weighted by atomic mass is 10.00. The zero-order valence-electron chi connectivity index (χ0n) is 11.5. The molecule has 0 aliphatic carbocycles. The fraction of sp³-hybridized carbons (Fsp3) is 0.176. The van der Waals surface area contributed by atoms with E-state index < -0.39 is 0 Å². The molecule has 0 spiro atoms. The lowest BCUT2D eigenvalue weighted by Crippen LogP contribution is -2.11. The number of nitrogens with zero attached hydrogens (tertiary/aromatic N) is 2. The van der Waals surface area contributed by atoms with Crippen LogP contribution in [-0.2, 0) is 6.42 Å². The zero-order chi connectivity index (χ0) is 14.1. The molecule has 0 unspecified atom stereocenters. The largest absolute Gasteiger partial charge is 0.385 e. The molecule has 0 saturated heterocycles. The Morgan fingerprint density at radius 2 is 1.95 bits per heavy atom. The van der Waals surface area contributed by atoms with Crippen LogP contribution in [0.4, 0.5) is 5.69 Å². The second kappa shape index (κ2) is 5.30. The molecule has 0 radical (unpaired) electrons. The van der Waals surface area contributed by atoms with E-state index in [4.69, 9.17) is 4.98 Å². The van der Waals surface area contributed by atoms with Crippen molar-refractivity contribution in [3.05, 3.63) is 53.7 Å². The topological polar surface area (TPSA) is 37.8 Å². The van der Waals surface area contributed by atoms with Gasteiger partial charge in [-0.25, -0.2) is 4.98 Å². The van der Waals surface area contributed by atoms with Crippen LogP contribution in [0.2, 0.25) is 0 Å². The van der Waals surface area contributed by atoms with Crippen molar-refractivity contribution in [3.8, 4) is 21.8 Å². The molecule has 4 heteroatoms. The molecule has 0 fully saturated rings. The summed E-state index contributed by atoms with van der Waals surface area (Å²) in [5.41, 5.74) is 6.06. The van der Waals surface area contributed by atoms with Crippen LogP contribution in [0.25, 0.3) is 21.8 Å². The van der Waals surface area contributed by atoms with Crippen molar-refractivity contribution in [1.82, 2.24) is 9.97 Å². The predicted octanol–water partition coefficient (Wildman–Crippen LogP) is 4.23. The Balaban J connectivity index is 1.70. The average Bonchev–Trinajstić information content (AvgIpc) is 3.05. The first-order valence-corrected chi connectivity index (χ1v) is 8.01. The summed E-state index contributed by atoms with van der Waals surface area (Å²) in [6.45, 7) is 1.08. The van der Waals surface area contributed by atoms with Crippen LogP contribution in [0.1, 0.15) is 12.0 Å². The molecule has 0 amide bonds. The molecule has 1 aliphatic heterocycles. The molecule has 2 aromatic heterocycles. The standard InChI is InChI=1S/C17H15N3S/c1-2-13-10-14(3-4-15(13)19-7-1)16-11-21-17(20-16)12-5-8-18-9-6-12/h3-6,8-11,19H,1-2,7H2. The van der Waals surface area contributed by atoms with E-state index in [-0.39, 0.29) is 0 Å². The van der Waals surface area contributed by atoms with Gasteiger partial charge in [-0.3, -0.25) is 4.98 Å². The highest BCUT2D eigenvalue weighted by Crippen LogP contribution is 2.31. The van der Waals surface area contributed by atoms with E-state index in [1.54, 1.807) is 23.7 Å². The third-order valence-electron chi connectivity index (χ3n) is 3.77. The maximum absolute atomic E-state index is 4.77. The summed E-state index contributed by atoms with van der Waals surface area (Å²) in [5.74, 6) is 0. The Bertz CT molecular complexity index is 765. The number of thiazole rings is 1. The van der Waals surface area contributed by atoms with E-state index in [0.717, 1.165) is 29.2 Å². The second-order valence-corrected chi connectivity index (χ2v) is 6.03. The van der Waals surface area contributed by atoms with E-state index in [0.29, 0.717) is 0 Å². The summed E-state index contributed by atoms with van der Waals surface area (Å²) in [6.07, 6.45) is 5.97. The summed E-state index contributed by atoms with van der Waals surface area (Å²) >= 11 is 1.68. The number of aryl methyl sites for hydroxylation is 1. The van der Waals surface area contributed by atoms with Gasteiger partial charge in [-0.2, -0.15) is 0 Å². The smallest absolute Gasteiger partial charge is 0.124 e. The SMILES string of the molecule is c1cc(-c2nc(-c3ccc4c(c3)CCCN4)cs2)ccn1.